The first-order valence-electron chi connectivity index (χ1n) is 13.5. The number of carboxylic acid groups (broad SMARTS) is 1. The van der Waals surface area contributed by atoms with Gasteiger partial charge in [0.05, 0.1) is 12.0 Å². The second-order valence-electron chi connectivity index (χ2n) is 9.65. The van der Waals surface area contributed by atoms with Crippen molar-refractivity contribution in [2.75, 3.05) is 39.9 Å². The van der Waals surface area contributed by atoms with Crippen molar-refractivity contribution in [1.29, 1.82) is 0 Å². The Morgan fingerprint density at radius 1 is 0.952 bits per heavy atom. The number of sulfonamides is 1. The van der Waals surface area contributed by atoms with Crippen LogP contribution < -0.4 is 19.9 Å². The van der Waals surface area contributed by atoms with E-state index in [9.17, 15) is 23.1 Å². The van der Waals surface area contributed by atoms with Crippen molar-refractivity contribution in [2.24, 2.45) is 5.73 Å². The van der Waals surface area contributed by atoms with Crippen molar-refractivity contribution < 1.29 is 37.3 Å². The predicted molar refractivity (Wildman–Crippen MR) is 155 cm³/mol. The van der Waals surface area contributed by atoms with E-state index in [0.717, 1.165) is 13.1 Å². The highest BCUT2D eigenvalue weighted by atomic mass is 32.2. The van der Waals surface area contributed by atoms with Crippen molar-refractivity contribution >= 4 is 21.9 Å². The standard InChI is InChI=1S/C30H35N3O8S/c1-4-32(5-2)18-19-40-25-12-15-27-21(20-25)16-17-33(30(27,28(31)34)29(35)36)42(37,38)26-13-10-24(11-14-26)41-23-8-6-22(39-3)7-9-23/h6-15,20H,4-5,16-19H2,1-3H3,(H2,31,34)(H,35,36). The monoisotopic (exact) mass is 597 g/mol. The highest BCUT2D eigenvalue weighted by Crippen LogP contribution is 2.41. The van der Waals surface area contributed by atoms with E-state index in [1.54, 1.807) is 37.4 Å². The van der Waals surface area contributed by atoms with Crippen LogP contribution in [-0.4, -0.2) is 74.5 Å². The highest BCUT2D eigenvalue weighted by molar-refractivity contribution is 7.89. The van der Waals surface area contributed by atoms with Crippen molar-refractivity contribution in [1.82, 2.24) is 9.21 Å². The second kappa shape index (κ2) is 12.8. The van der Waals surface area contributed by atoms with Crippen molar-refractivity contribution in [3.63, 3.8) is 0 Å². The average molecular weight is 598 g/mol. The Morgan fingerprint density at radius 3 is 2.07 bits per heavy atom. The molecule has 1 amide bonds. The molecule has 0 saturated heterocycles. The summed E-state index contributed by atoms with van der Waals surface area (Å²) in [5.41, 5.74) is 3.53. The van der Waals surface area contributed by atoms with Gasteiger partial charge >= 0.3 is 5.97 Å². The maximum Gasteiger partial charge on any atom is 0.339 e. The number of carboxylic acids is 1. The number of carbonyl (C=O) groups is 2. The first-order valence-corrected chi connectivity index (χ1v) is 15.0. The molecule has 0 radical (unpaired) electrons. The Labute approximate surface area is 245 Å². The van der Waals surface area contributed by atoms with Crippen LogP contribution in [0.4, 0.5) is 0 Å². The van der Waals surface area contributed by atoms with E-state index < -0.39 is 27.4 Å². The van der Waals surface area contributed by atoms with E-state index in [1.165, 1.54) is 36.4 Å². The summed E-state index contributed by atoms with van der Waals surface area (Å²) in [5, 5.41) is 10.4. The zero-order valence-electron chi connectivity index (χ0n) is 23.8. The fraction of sp³-hybridized carbons (Fsp3) is 0.333. The molecule has 1 atom stereocenters. The summed E-state index contributed by atoms with van der Waals surface area (Å²) in [6, 6.07) is 16.9. The molecule has 11 nitrogen and oxygen atoms in total. The number of carbonyl (C=O) groups excluding carboxylic acids is 1. The van der Waals surface area contributed by atoms with Gasteiger partial charge < -0.3 is 30.0 Å². The van der Waals surface area contributed by atoms with E-state index >= 15 is 0 Å². The Kier molecular flexibility index (Phi) is 9.40. The van der Waals surface area contributed by atoms with Gasteiger partial charge in [0.1, 0.15) is 29.6 Å². The zero-order valence-corrected chi connectivity index (χ0v) is 24.6. The molecule has 1 unspecified atom stereocenters. The number of methoxy groups -OCH3 is 1. The van der Waals surface area contributed by atoms with Crippen LogP contribution in [0.15, 0.2) is 71.6 Å². The third-order valence-electron chi connectivity index (χ3n) is 7.37. The lowest BCUT2D eigenvalue weighted by molar-refractivity contribution is -0.155. The number of ether oxygens (including phenoxy) is 3. The topological polar surface area (TPSA) is 149 Å². The van der Waals surface area contributed by atoms with E-state index in [-0.39, 0.29) is 23.4 Å². The third kappa shape index (κ3) is 5.91. The largest absolute Gasteiger partial charge is 0.497 e. The minimum absolute atomic E-state index is 0.00660. The Morgan fingerprint density at radius 2 is 1.52 bits per heavy atom. The second-order valence-corrected chi connectivity index (χ2v) is 11.5. The maximum atomic E-state index is 13.9. The van der Waals surface area contributed by atoms with Gasteiger partial charge in [-0.05, 0) is 91.3 Å². The van der Waals surface area contributed by atoms with Crippen LogP contribution >= 0.6 is 0 Å². The Bertz CT molecular complexity index is 1510. The number of nitrogens with zero attached hydrogens (tertiary/aromatic N) is 2. The number of hydrogen-bond acceptors (Lipinski definition) is 8. The molecular formula is C30H35N3O8S. The molecule has 3 N–H and O–H groups in total. The molecule has 1 aliphatic rings. The molecular weight excluding hydrogens is 562 g/mol. The van der Waals surface area contributed by atoms with E-state index in [1.807, 2.05) is 0 Å². The number of likely N-dealkylation sites (N-methyl/N-ethyl adjacent to an activating group) is 1. The lowest BCUT2D eigenvalue weighted by Crippen LogP contribution is -2.64. The van der Waals surface area contributed by atoms with Gasteiger partial charge in [-0.1, -0.05) is 19.9 Å². The zero-order chi connectivity index (χ0) is 30.5. The van der Waals surface area contributed by atoms with Gasteiger partial charge in [-0.2, -0.15) is 4.31 Å². The smallest absolute Gasteiger partial charge is 0.339 e. The van der Waals surface area contributed by atoms with E-state index in [2.05, 4.69) is 18.7 Å². The number of primary amides is 1. The van der Waals surface area contributed by atoms with Crippen LogP contribution in [-0.2, 0) is 31.6 Å². The first kappa shape index (κ1) is 30.8. The number of aliphatic carboxylic acids is 1. The Hall–Kier alpha value is -4.13. The van der Waals surface area contributed by atoms with Crippen LogP contribution in [0.3, 0.4) is 0 Å². The predicted octanol–water partition coefficient (Wildman–Crippen LogP) is 3.22. The normalized spacial score (nSPS) is 17.0. The molecule has 3 aromatic carbocycles. The number of benzene rings is 3. The van der Waals surface area contributed by atoms with E-state index in [0.29, 0.717) is 46.0 Å². The van der Waals surface area contributed by atoms with Gasteiger partial charge in [0.25, 0.3) is 5.91 Å². The van der Waals surface area contributed by atoms with Gasteiger partial charge in [0, 0.05) is 13.1 Å². The van der Waals surface area contributed by atoms with Crippen LogP contribution in [0.1, 0.15) is 25.0 Å². The quantitative estimate of drug-likeness (QED) is 0.283. The molecule has 224 valence electrons. The minimum atomic E-state index is -4.50. The number of nitrogens with two attached hydrogens (primary N) is 1. The van der Waals surface area contributed by atoms with Crippen molar-refractivity contribution in [3.05, 3.63) is 77.9 Å². The third-order valence-corrected chi connectivity index (χ3v) is 9.27. The van der Waals surface area contributed by atoms with Crippen LogP contribution in [0.5, 0.6) is 23.0 Å². The molecule has 3 aromatic rings. The van der Waals surface area contributed by atoms with Gasteiger partial charge in [-0.25, -0.2) is 13.2 Å². The van der Waals surface area contributed by atoms with Crippen molar-refractivity contribution in [3.8, 4) is 23.0 Å². The molecule has 4 rings (SSSR count). The summed E-state index contributed by atoms with van der Waals surface area (Å²) in [6.07, 6.45) is 0.156. The molecule has 42 heavy (non-hydrogen) atoms. The molecule has 0 spiro atoms. The lowest BCUT2D eigenvalue weighted by Gasteiger charge is -2.41. The molecule has 0 saturated carbocycles. The summed E-state index contributed by atoms with van der Waals surface area (Å²) >= 11 is 0. The SMILES string of the molecule is CCN(CC)CCOc1ccc2c(c1)CCN(S(=O)(=O)c1ccc(Oc3ccc(OC)cc3)cc1)C2(C(N)=O)C(=O)O. The minimum Gasteiger partial charge on any atom is -0.497 e. The average Bonchev–Trinajstić information content (AvgIpc) is 2.99. The maximum absolute atomic E-state index is 13.9. The van der Waals surface area contributed by atoms with Crippen LogP contribution in [0.25, 0.3) is 0 Å². The molecule has 0 fully saturated rings. The summed E-state index contributed by atoms with van der Waals surface area (Å²) in [5.74, 6) is -0.982. The molecule has 1 aliphatic heterocycles. The summed E-state index contributed by atoms with van der Waals surface area (Å²) < 4.78 is 45.2. The fourth-order valence-electron chi connectivity index (χ4n) is 5.05. The van der Waals surface area contributed by atoms with E-state index in [4.69, 9.17) is 19.9 Å². The Balaban J connectivity index is 1.63. The lowest BCUT2D eigenvalue weighted by atomic mass is 9.81. The van der Waals surface area contributed by atoms with Crippen LogP contribution in [0.2, 0.25) is 0 Å². The summed E-state index contributed by atoms with van der Waals surface area (Å²) in [7, 11) is -2.95. The van der Waals surface area contributed by atoms with Gasteiger partial charge in [0.2, 0.25) is 15.6 Å². The first-order chi connectivity index (χ1) is 20.1. The number of fused-ring (bicyclic) bond motifs is 1. The molecule has 1 heterocycles. The molecule has 0 bridgehead atoms. The van der Waals surface area contributed by atoms with Crippen molar-refractivity contribution in [2.45, 2.75) is 30.7 Å². The van der Waals surface area contributed by atoms with Gasteiger partial charge in [0.15, 0.2) is 0 Å². The van der Waals surface area contributed by atoms with Gasteiger partial charge in [-0.15, -0.1) is 0 Å². The molecule has 0 aliphatic carbocycles. The van der Waals surface area contributed by atoms with Gasteiger partial charge in [-0.3, -0.25) is 4.79 Å². The fourth-order valence-corrected chi connectivity index (χ4v) is 6.74. The number of amides is 1. The summed E-state index contributed by atoms with van der Waals surface area (Å²) in [6.45, 7) is 6.72. The number of rotatable bonds is 13. The molecule has 0 aromatic heterocycles. The highest BCUT2D eigenvalue weighted by Gasteiger charge is 2.59. The summed E-state index contributed by atoms with van der Waals surface area (Å²) in [4.78, 5) is 27.7. The molecule has 12 heteroatoms. The number of hydrogen-bond donors (Lipinski definition) is 2. The van der Waals surface area contributed by atoms with Crippen LogP contribution in [0, 0.1) is 0 Å².